The van der Waals surface area contributed by atoms with Gasteiger partial charge in [-0.15, -0.1) is 0 Å². The Bertz CT molecular complexity index is 582. The van der Waals surface area contributed by atoms with Crippen molar-refractivity contribution in [2.75, 3.05) is 5.32 Å². The smallest absolute Gasteiger partial charge is 0.314 e. The Balaban J connectivity index is 2.46. The predicted octanol–water partition coefficient (Wildman–Crippen LogP) is 3.35. The van der Waals surface area contributed by atoms with Crippen LogP contribution >= 0.6 is 0 Å². The van der Waals surface area contributed by atoms with E-state index >= 15 is 0 Å². The van der Waals surface area contributed by atoms with Crippen molar-refractivity contribution in [1.82, 2.24) is 4.98 Å². The fourth-order valence-corrected chi connectivity index (χ4v) is 1.81. The average molecular weight is 243 g/mol. The number of nitro groups is 1. The van der Waals surface area contributed by atoms with Crippen LogP contribution in [0, 0.1) is 24.0 Å². The van der Waals surface area contributed by atoms with E-state index in [-0.39, 0.29) is 11.5 Å². The third-order valence-corrected chi connectivity index (χ3v) is 2.53. The van der Waals surface area contributed by atoms with Gasteiger partial charge < -0.3 is 5.32 Å². The highest BCUT2D eigenvalue weighted by Gasteiger charge is 2.19. The average Bonchev–Trinajstić information content (AvgIpc) is 2.28. The maximum absolute atomic E-state index is 11.1. The fourth-order valence-electron chi connectivity index (χ4n) is 1.81. The van der Waals surface area contributed by atoms with Crippen LogP contribution in [0.1, 0.15) is 11.3 Å². The molecule has 0 amide bonds. The largest absolute Gasteiger partial charge is 0.334 e. The number of anilines is 2. The summed E-state index contributed by atoms with van der Waals surface area (Å²) >= 11 is 0. The van der Waals surface area contributed by atoms with Gasteiger partial charge >= 0.3 is 5.69 Å². The molecule has 0 fully saturated rings. The molecule has 5 heteroatoms. The van der Waals surface area contributed by atoms with E-state index in [0.29, 0.717) is 5.56 Å². The number of para-hydroxylation sites is 1. The maximum Gasteiger partial charge on any atom is 0.314 e. The predicted molar refractivity (Wildman–Crippen MR) is 70.1 cm³/mol. The summed E-state index contributed by atoms with van der Waals surface area (Å²) in [5, 5.41) is 14.1. The van der Waals surface area contributed by atoms with Gasteiger partial charge in [0.05, 0.1) is 4.92 Å². The van der Waals surface area contributed by atoms with Crippen LogP contribution in [0.25, 0.3) is 0 Å². The number of pyridine rings is 1. The molecule has 0 spiro atoms. The molecule has 0 unspecified atom stereocenters. The van der Waals surface area contributed by atoms with E-state index in [4.69, 9.17) is 0 Å². The standard InChI is InChI=1S/C13H13N3O2/c1-9-8-10(2)14-13(12(9)16(17)18)15-11-6-4-3-5-7-11/h3-8H,1-2H3,(H,14,15). The molecule has 0 saturated carbocycles. The zero-order chi connectivity index (χ0) is 13.1. The van der Waals surface area contributed by atoms with Crippen molar-refractivity contribution in [1.29, 1.82) is 0 Å². The number of nitrogens with one attached hydrogen (secondary N) is 1. The maximum atomic E-state index is 11.1. The monoisotopic (exact) mass is 243 g/mol. The molecule has 2 aromatic rings. The third-order valence-electron chi connectivity index (χ3n) is 2.53. The molecule has 0 atom stereocenters. The van der Waals surface area contributed by atoms with Crippen LogP contribution in [0.3, 0.4) is 0 Å². The zero-order valence-corrected chi connectivity index (χ0v) is 10.2. The minimum atomic E-state index is -0.410. The molecule has 0 radical (unpaired) electrons. The molecule has 1 aromatic heterocycles. The van der Waals surface area contributed by atoms with E-state index in [1.165, 1.54) is 0 Å². The topological polar surface area (TPSA) is 68.1 Å². The van der Waals surface area contributed by atoms with Crippen molar-refractivity contribution in [2.24, 2.45) is 0 Å². The molecule has 92 valence electrons. The zero-order valence-electron chi connectivity index (χ0n) is 10.2. The minimum Gasteiger partial charge on any atom is -0.334 e. The van der Waals surface area contributed by atoms with Gasteiger partial charge in [-0.05, 0) is 32.0 Å². The van der Waals surface area contributed by atoms with Gasteiger partial charge in [0.25, 0.3) is 0 Å². The quantitative estimate of drug-likeness (QED) is 0.663. The van der Waals surface area contributed by atoms with Gasteiger partial charge in [0.2, 0.25) is 5.82 Å². The first-order valence-electron chi connectivity index (χ1n) is 5.52. The minimum absolute atomic E-state index is 0.0180. The van der Waals surface area contributed by atoms with E-state index in [1.54, 1.807) is 13.0 Å². The summed E-state index contributed by atoms with van der Waals surface area (Å²) in [7, 11) is 0. The summed E-state index contributed by atoms with van der Waals surface area (Å²) in [4.78, 5) is 14.9. The first kappa shape index (κ1) is 12.0. The van der Waals surface area contributed by atoms with Crippen molar-refractivity contribution in [3.8, 4) is 0 Å². The van der Waals surface area contributed by atoms with Crippen molar-refractivity contribution < 1.29 is 4.92 Å². The number of aryl methyl sites for hydroxylation is 2. The molecule has 1 aromatic carbocycles. The third kappa shape index (κ3) is 2.45. The second-order valence-electron chi connectivity index (χ2n) is 4.03. The Morgan fingerprint density at radius 1 is 1.22 bits per heavy atom. The first-order chi connectivity index (χ1) is 8.58. The summed E-state index contributed by atoms with van der Waals surface area (Å²) in [6.45, 7) is 3.52. The SMILES string of the molecule is Cc1cc(C)c([N+](=O)[O-])c(Nc2ccccc2)n1. The summed E-state index contributed by atoms with van der Waals surface area (Å²) in [5.41, 5.74) is 2.14. The summed E-state index contributed by atoms with van der Waals surface area (Å²) < 4.78 is 0. The first-order valence-corrected chi connectivity index (χ1v) is 5.52. The van der Waals surface area contributed by atoms with Crippen LogP contribution in [0.4, 0.5) is 17.2 Å². The molecule has 1 N–H and O–H groups in total. The van der Waals surface area contributed by atoms with Crippen molar-refractivity contribution >= 4 is 17.2 Å². The lowest BCUT2D eigenvalue weighted by atomic mass is 10.2. The van der Waals surface area contributed by atoms with Gasteiger partial charge in [-0.1, -0.05) is 18.2 Å². The van der Waals surface area contributed by atoms with Gasteiger partial charge in [0.1, 0.15) is 0 Å². The van der Waals surface area contributed by atoms with Gasteiger partial charge in [-0.3, -0.25) is 10.1 Å². The lowest BCUT2D eigenvalue weighted by Crippen LogP contribution is -2.03. The molecule has 0 aliphatic carbocycles. The van der Waals surface area contributed by atoms with Crippen LogP contribution in [-0.4, -0.2) is 9.91 Å². The second kappa shape index (κ2) is 4.83. The van der Waals surface area contributed by atoms with E-state index < -0.39 is 4.92 Å². The molecule has 18 heavy (non-hydrogen) atoms. The number of rotatable bonds is 3. The van der Waals surface area contributed by atoms with Gasteiger partial charge in [0, 0.05) is 16.9 Å². The molecule has 0 saturated heterocycles. The molecule has 2 rings (SSSR count). The molecule has 0 bridgehead atoms. The highest BCUT2D eigenvalue weighted by atomic mass is 16.6. The molecule has 5 nitrogen and oxygen atoms in total. The Labute approximate surface area is 105 Å². The number of benzene rings is 1. The fraction of sp³-hybridized carbons (Fsp3) is 0.154. The molecular weight excluding hydrogens is 230 g/mol. The van der Waals surface area contributed by atoms with E-state index in [9.17, 15) is 10.1 Å². The highest BCUT2D eigenvalue weighted by Crippen LogP contribution is 2.29. The normalized spacial score (nSPS) is 10.1. The van der Waals surface area contributed by atoms with E-state index in [0.717, 1.165) is 11.4 Å². The Kier molecular flexibility index (Phi) is 3.23. The Morgan fingerprint density at radius 2 is 1.89 bits per heavy atom. The second-order valence-corrected chi connectivity index (χ2v) is 4.03. The molecule has 0 aliphatic heterocycles. The number of hydrogen-bond donors (Lipinski definition) is 1. The van der Waals surface area contributed by atoms with Gasteiger partial charge in [0.15, 0.2) is 0 Å². The van der Waals surface area contributed by atoms with Crippen LogP contribution in [0.15, 0.2) is 36.4 Å². The lowest BCUT2D eigenvalue weighted by Gasteiger charge is -2.08. The van der Waals surface area contributed by atoms with Crippen LogP contribution in [-0.2, 0) is 0 Å². The Morgan fingerprint density at radius 3 is 2.50 bits per heavy atom. The van der Waals surface area contributed by atoms with Crippen molar-refractivity contribution in [2.45, 2.75) is 13.8 Å². The van der Waals surface area contributed by atoms with Crippen LogP contribution in [0.5, 0.6) is 0 Å². The molecule has 1 heterocycles. The summed E-state index contributed by atoms with van der Waals surface area (Å²) in [6, 6.07) is 11.0. The van der Waals surface area contributed by atoms with Crippen molar-refractivity contribution in [3.63, 3.8) is 0 Å². The number of hydrogen-bond acceptors (Lipinski definition) is 4. The Hall–Kier alpha value is -2.43. The number of aromatic nitrogens is 1. The van der Waals surface area contributed by atoms with E-state index in [1.807, 2.05) is 37.3 Å². The molecular formula is C13H13N3O2. The van der Waals surface area contributed by atoms with E-state index in [2.05, 4.69) is 10.3 Å². The lowest BCUT2D eigenvalue weighted by molar-refractivity contribution is -0.384. The highest BCUT2D eigenvalue weighted by molar-refractivity contribution is 5.68. The molecule has 0 aliphatic rings. The van der Waals surface area contributed by atoms with Gasteiger partial charge in [-0.25, -0.2) is 4.98 Å². The van der Waals surface area contributed by atoms with Crippen molar-refractivity contribution in [3.05, 3.63) is 57.8 Å². The summed E-state index contributed by atoms with van der Waals surface area (Å²) in [5.74, 6) is 0.281. The van der Waals surface area contributed by atoms with Gasteiger partial charge in [-0.2, -0.15) is 0 Å². The van der Waals surface area contributed by atoms with Crippen LogP contribution in [0.2, 0.25) is 0 Å². The van der Waals surface area contributed by atoms with Crippen LogP contribution < -0.4 is 5.32 Å². The summed E-state index contributed by atoms with van der Waals surface area (Å²) in [6.07, 6.45) is 0. The number of nitrogens with zero attached hydrogens (tertiary/aromatic N) is 2.